The fraction of sp³-hybridized carbons (Fsp3) is 0.320. The van der Waals surface area contributed by atoms with E-state index in [1.807, 2.05) is 0 Å². The van der Waals surface area contributed by atoms with Gasteiger partial charge in [0.2, 0.25) is 0 Å². The van der Waals surface area contributed by atoms with Crippen molar-refractivity contribution in [1.82, 2.24) is 9.97 Å². The van der Waals surface area contributed by atoms with Gasteiger partial charge >= 0.3 is 12.1 Å². The molecule has 1 saturated heterocycles. The zero-order valence-electron chi connectivity index (χ0n) is 19.9. The summed E-state index contributed by atoms with van der Waals surface area (Å²) in [6, 6.07) is 12.6. The number of hydrogen-bond acceptors (Lipinski definition) is 6. The van der Waals surface area contributed by atoms with E-state index in [2.05, 4.69) is 14.7 Å². The van der Waals surface area contributed by atoms with Gasteiger partial charge in [-0.1, -0.05) is 37.3 Å². The maximum absolute atomic E-state index is 13.8. The molecule has 0 amide bonds. The molecule has 1 atom stereocenters. The number of pyridine rings is 2. The quantitative estimate of drug-likeness (QED) is 0.447. The van der Waals surface area contributed by atoms with Crippen LogP contribution in [0.1, 0.15) is 30.9 Å². The fourth-order valence-electron chi connectivity index (χ4n) is 4.32. The number of carbonyl (C=O) groups is 1. The van der Waals surface area contributed by atoms with Crippen molar-refractivity contribution in [1.29, 1.82) is 0 Å². The number of anilines is 2. The molecule has 2 N–H and O–H groups in total. The minimum absolute atomic E-state index is 0.194. The highest BCUT2D eigenvalue weighted by atomic mass is 32.2. The number of nitrogens with one attached hydrogen (secondary N) is 1. The first-order valence-electron chi connectivity index (χ1n) is 11.6. The van der Waals surface area contributed by atoms with Crippen LogP contribution in [-0.2, 0) is 27.4 Å². The van der Waals surface area contributed by atoms with E-state index in [-0.39, 0.29) is 28.6 Å². The predicted octanol–water partition coefficient (Wildman–Crippen LogP) is 4.83. The van der Waals surface area contributed by atoms with Gasteiger partial charge < -0.3 is 10.0 Å². The summed E-state index contributed by atoms with van der Waals surface area (Å²) in [6.07, 6.45) is -3.10. The van der Waals surface area contributed by atoms with Gasteiger partial charge in [0.15, 0.2) is 5.03 Å². The number of nitrogens with zero attached hydrogens (tertiary/aromatic N) is 3. The summed E-state index contributed by atoms with van der Waals surface area (Å²) in [4.78, 5) is 21.3. The highest BCUT2D eigenvalue weighted by Gasteiger charge is 2.35. The summed E-state index contributed by atoms with van der Waals surface area (Å²) < 4.78 is 69.8. The summed E-state index contributed by atoms with van der Waals surface area (Å²) >= 11 is 0. The van der Waals surface area contributed by atoms with Crippen LogP contribution in [0.4, 0.5) is 24.8 Å². The van der Waals surface area contributed by atoms with Gasteiger partial charge in [0.1, 0.15) is 11.6 Å². The zero-order valence-corrected chi connectivity index (χ0v) is 20.7. The summed E-state index contributed by atoms with van der Waals surface area (Å²) in [5, 5.41) is 8.97. The van der Waals surface area contributed by atoms with E-state index in [0.717, 1.165) is 12.1 Å². The zero-order chi connectivity index (χ0) is 26.8. The smallest absolute Gasteiger partial charge is 0.418 e. The van der Waals surface area contributed by atoms with Gasteiger partial charge in [0, 0.05) is 18.7 Å². The van der Waals surface area contributed by atoms with E-state index in [1.54, 1.807) is 36.1 Å². The lowest BCUT2D eigenvalue weighted by atomic mass is 9.98. The Balaban J connectivity index is 1.67. The Morgan fingerprint density at radius 2 is 1.86 bits per heavy atom. The first-order chi connectivity index (χ1) is 17.5. The van der Waals surface area contributed by atoms with Crippen molar-refractivity contribution in [3.63, 3.8) is 0 Å². The second-order valence-corrected chi connectivity index (χ2v) is 10.3. The molecule has 12 heteroatoms. The molecule has 37 heavy (non-hydrogen) atoms. The van der Waals surface area contributed by atoms with Crippen LogP contribution < -0.4 is 9.62 Å². The maximum Gasteiger partial charge on any atom is 0.418 e. The molecule has 3 heterocycles. The Hall–Kier alpha value is -3.67. The Kier molecular flexibility index (Phi) is 7.39. The maximum atomic E-state index is 13.8. The molecule has 0 radical (unpaired) electrons. The average molecular weight is 535 g/mol. The molecule has 0 aliphatic carbocycles. The molecule has 196 valence electrons. The molecule has 2 aromatic heterocycles. The van der Waals surface area contributed by atoms with Gasteiger partial charge in [-0.25, -0.2) is 9.97 Å². The van der Waals surface area contributed by atoms with E-state index in [1.165, 1.54) is 18.2 Å². The largest absolute Gasteiger partial charge is 0.481 e. The number of aryl methyl sites for hydroxylation is 1. The lowest BCUT2D eigenvalue weighted by Crippen LogP contribution is -2.39. The van der Waals surface area contributed by atoms with Gasteiger partial charge in [-0.2, -0.15) is 21.6 Å². The Labute approximate surface area is 212 Å². The number of piperidine rings is 1. The van der Waals surface area contributed by atoms with Crippen LogP contribution in [-0.4, -0.2) is 42.6 Å². The molecular formula is C25H25F3N4O4S. The number of rotatable bonds is 7. The molecule has 1 fully saturated rings. The van der Waals surface area contributed by atoms with E-state index in [0.29, 0.717) is 37.2 Å². The number of halogens is 3. The summed E-state index contributed by atoms with van der Waals surface area (Å²) in [6.45, 7) is 2.52. The van der Waals surface area contributed by atoms with Crippen molar-refractivity contribution >= 4 is 27.6 Å². The Bertz CT molecular complexity index is 1410. The third-order valence-corrected chi connectivity index (χ3v) is 7.43. The van der Waals surface area contributed by atoms with Crippen molar-refractivity contribution in [2.75, 3.05) is 22.7 Å². The second-order valence-electron chi connectivity index (χ2n) is 8.66. The van der Waals surface area contributed by atoms with Crippen LogP contribution in [0, 0.1) is 5.92 Å². The summed E-state index contributed by atoms with van der Waals surface area (Å²) in [7, 11) is -4.32. The van der Waals surface area contributed by atoms with Gasteiger partial charge in [-0.05, 0) is 49.1 Å². The number of carboxylic acids is 1. The number of benzene rings is 1. The molecule has 1 aliphatic rings. The number of hydrogen-bond donors (Lipinski definition) is 2. The van der Waals surface area contributed by atoms with Crippen molar-refractivity contribution < 1.29 is 31.5 Å². The molecule has 8 nitrogen and oxygen atoms in total. The van der Waals surface area contributed by atoms with Crippen molar-refractivity contribution in [2.24, 2.45) is 5.92 Å². The van der Waals surface area contributed by atoms with Gasteiger partial charge in [-0.15, -0.1) is 0 Å². The van der Waals surface area contributed by atoms with E-state index >= 15 is 0 Å². The molecule has 1 aromatic carbocycles. The van der Waals surface area contributed by atoms with Gasteiger partial charge in [0.05, 0.1) is 17.2 Å². The molecule has 0 saturated carbocycles. The van der Waals surface area contributed by atoms with Crippen LogP contribution >= 0.6 is 0 Å². The van der Waals surface area contributed by atoms with E-state index in [9.17, 15) is 31.5 Å². The summed E-state index contributed by atoms with van der Waals surface area (Å²) in [5.41, 5.74) is -0.456. The normalized spacial score (nSPS) is 16.4. The van der Waals surface area contributed by atoms with Gasteiger partial charge in [-0.3, -0.25) is 9.52 Å². The molecule has 3 aromatic rings. The Morgan fingerprint density at radius 3 is 2.57 bits per heavy atom. The summed E-state index contributed by atoms with van der Waals surface area (Å²) in [5.74, 6) is -1.50. The van der Waals surface area contributed by atoms with E-state index in [4.69, 9.17) is 0 Å². The van der Waals surface area contributed by atoms with Crippen molar-refractivity contribution in [2.45, 2.75) is 37.4 Å². The molecule has 0 bridgehead atoms. The third kappa shape index (κ3) is 5.85. The molecule has 4 rings (SSSR count). The van der Waals surface area contributed by atoms with Crippen molar-refractivity contribution in [3.05, 3.63) is 65.7 Å². The average Bonchev–Trinajstić information content (AvgIpc) is 2.88. The fourth-order valence-corrected chi connectivity index (χ4v) is 5.28. The Morgan fingerprint density at radius 1 is 1.11 bits per heavy atom. The number of aliphatic carboxylic acids is 1. The lowest BCUT2D eigenvalue weighted by molar-refractivity contribution is -0.142. The van der Waals surface area contributed by atoms with Crippen LogP contribution in [0.25, 0.3) is 11.3 Å². The first kappa shape index (κ1) is 26.4. The van der Waals surface area contributed by atoms with Crippen molar-refractivity contribution in [3.8, 4) is 11.3 Å². The third-order valence-electron chi connectivity index (χ3n) is 6.17. The molecule has 1 aliphatic heterocycles. The minimum Gasteiger partial charge on any atom is -0.481 e. The number of alkyl halides is 3. The topological polar surface area (TPSA) is 112 Å². The number of aromatic nitrogens is 2. The highest BCUT2D eigenvalue weighted by molar-refractivity contribution is 7.92. The SMILES string of the molecule is CCc1ccccc1-c1nc(NS(=O)(=O)c2cccc(N3CCC[C@@H](C(=O)O)C3)n2)ccc1C(F)(F)F. The van der Waals surface area contributed by atoms with E-state index < -0.39 is 33.7 Å². The van der Waals surface area contributed by atoms with Crippen LogP contribution in [0.3, 0.4) is 0 Å². The molecule has 0 unspecified atom stereocenters. The highest BCUT2D eigenvalue weighted by Crippen LogP contribution is 2.38. The first-order valence-corrected chi connectivity index (χ1v) is 13.1. The lowest BCUT2D eigenvalue weighted by Gasteiger charge is -2.31. The number of carboxylic acid groups (broad SMARTS) is 1. The predicted molar refractivity (Wildman–Crippen MR) is 132 cm³/mol. The van der Waals surface area contributed by atoms with Gasteiger partial charge in [0.25, 0.3) is 10.0 Å². The van der Waals surface area contributed by atoms with Crippen LogP contribution in [0.5, 0.6) is 0 Å². The second kappa shape index (κ2) is 10.4. The number of sulfonamides is 1. The standard InChI is InChI=1S/C25H25F3N4O4S/c1-2-16-7-3-4-9-18(16)23-19(25(26,27)28)12-13-20(29-23)31-37(35,36)22-11-5-10-21(30-22)32-14-6-8-17(15-32)24(33)34/h3-5,7,9-13,17H,2,6,8,14-15H2,1H3,(H,29,31)(H,33,34)/t17-/m1/s1. The molecular weight excluding hydrogens is 509 g/mol. The van der Waals surface area contributed by atoms with Crippen LogP contribution in [0.2, 0.25) is 0 Å². The van der Waals surface area contributed by atoms with Crippen LogP contribution in [0.15, 0.2) is 59.6 Å². The monoisotopic (exact) mass is 534 g/mol. The minimum atomic E-state index is -4.70. The molecule has 0 spiro atoms.